The molecule has 0 saturated carbocycles. The smallest absolute Gasteiger partial charge is 0.280 e. The van der Waals surface area contributed by atoms with Crippen LogP contribution in [0.1, 0.15) is 106 Å². The van der Waals surface area contributed by atoms with Crippen molar-refractivity contribution >= 4 is 58.6 Å². The van der Waals surface area contributed by atoms with Crippen molar-refractivity contribution in [2.75, 3.05) is 57.3 Å². The molecule has 0 spiro atoms. The van der Waals surface area contributed by atoms with E-state index in [1.807, 2.05) is 24.3 Å². The molecule has 20 nitrogen and oxygen atoms in total. The number of aryl methyl sites for hydroxylation is 1. The van der Waals surface area contributed by atoms with Gasteiger partial charge in [-0.15, -0.1) is 0 Å². The Balaban J connectivity index is 1.78. The summed E-state index contributed by atoms with van der Waals surface area (Å²) in [5.41, 5.74) is 41.1. The Morgan fingerprint density at radius 3 is 1.84 bits per heavy atom. The number of hydrogen-bond donors (Lipinski definition) is 12. The molecule has 340 valence electrons. The molecule has 1 aromatic heterocycles. The third-order valence-corrected chi connectivity index (χ3v) is 9.89. The summed E-state index contributed by atoms with van der Waals surface area (Å²) in [5.74, 6) is -0.282. The third kappa shape index (κ3) is 23.3. The zero-order chi connectivity index (χ0) is 45.0. The number of aliphatic imine (C=N–C) groups is 1. The molecule has 0 fully saturated rings. The maximum atomic E-state index is 12.6. The number of nitrogens with zero attached hydrogens (tertiary/aromatic N) is 4. The van der Waals surface area contributed by atoms with Crippen LogP contribution in [0.25, 0.3) is 0 Å². The molecule has 0 unspecified atom stereocenters. The van der Waals surface area contributed by atoms with Gasteiger partial charge in [0, 0.05) is 39.0 Å². The molecule has 21 heteroatoms. The van der Waals surface area contributed by atoms with Crippen molar-refractivity contribution < 1.29 is 19.1 Å². The summed E-state index contributed by atoms with van der Waals surface area (Å²) < 4.78 is 6.08. The molecule has 0 aliphatic rings. The van der Waals surface area contributed by atoms with E-state index in [-0.39, 0.29) is 51.9 Å². The molecule has 2 rings (SSSR count). The summed E-state index contributed by atoms with van der Waals surface area (Å²) >= 11 is 5.84. The standard InChI is InChI=1S/C40H69ClN16O4/c41-34-36(49)55-35(48)33(54-34)39(60)56-40(50)53-20-8-7-11-27-16-18-28(19-17-27)61-26-25-57(23-9-21-51-37(58)29(42)12-3-1-5-14-31(44)45)24-10-22-52-38(59)30(43)13-4-2-6-15-32(46)47/h16-19,29-30H,1-15,20-26,42-43H2,(H3,44,45)(H3,46,47)(H,51,58)(H,52,59)(H4,48,49,55)(H3,50,53,56,60)/t29-,30-/m0/s1. The largest absolute Gasteiger partial charge is 0.492 e. The van der Waals surface area contributed by atoms with E-state index in [1.165, 1.54) is 0 Å². The third-order valence-electron chi connectivity index (χ3n) is 9.61. The Kier molecular flexibility index (Phi) is 25.4. The lowest BCUT2D eigenvalue weighted by Gasteiger charge is -2.23. The number of carbonyl (C=O) groups excluding carboxylic acids is 3. The number of halogens is 1. The SMILES string of the molecule is N=C(N)CCCCC[C@H](N)C(=O)NCCCN(CCCNC(=O)[C@@H](N)CCCCCC(=N)N)CCOc1ccc(CCCCN=C(N)NC(=O)c2nc(Cl)c(N)nc2N)cc1. The Labute approximate surface area is 364 Å². The molecular weight excluding hydrogens is 804 g/mol. The molecule has 19 N–H and O–H groups in total. The van der Waals surface area contributed by atoms with Crippen molar-refractivity contribution in [2.24, 2.45) is 33.7 Å². The predicted molar refractivity (Wildman–Crippen MR) is 242 cm³/mol. The lowest BCUT2D eigenvalue weighted by molar-refractivity contribution is -0.123. The van der Waals surface area contributed by atoms with E-state index in [0.717, 1.165) is 69.1 Å². The van der Waals surface area contributed by atoms with Crippen LogP contribution in [0.3, 0.4) is 0 Å². The van der Waals surface area contributed by atoms with Crippen LogP contribution in [0.5, 0.6) is 5.75 Å². The normalized spacial score (nSPS) is 12.4. The molecule has 0 radical (unpaired) electrons. The molecule has 0 saturated heterocycles. The minimum Gasteiger partial charge on any atom is -0.492 e. The van der Waals surface area contributed by atoms with E-state index in [1.54, 1.807) is 0 Å². The van der Waals surface area contributed by atoms with Gasteiger partial charge in [-0.1, -0.05) is 49.4 Å². The molecular formula is C40H69ClN16O4. The van der Waals surface area contributed by atoms with Crippen LogP contribution in [-0.4, -0.2) is 108 Å². The molecule has 1 aromatic carbocycles. The van der Waals surface area contributed by atoms with E-state index >= 15 is 0 Å². The first-order chi connectivity index (χ1) is 29.2. The molecule has 61 heavy (non-hydrogen) atoms. The average Bonchev–Trinajstić information content (AvgIpc) is 3.21. The Morgan fingerprint density at radius 1 is 0.738 bits per heavy atom. The maximum absolute atomic E-state index is 12.6. The number of amides is 3. The lowest BCUT2D eigenvalue weighted by atomic mass is 10.1. The van der Waals surface area contributed by atoms with Gasteiger partial charge >= 0.3 is 0 Å². The fraction of sp³-hybridized carbons (Fsp3) is 0.600. The molecule has 0 bridgehead atoms. The Hall–Kier alpha value is -5.31. The summed E-state index contributed by atoms with van der Waals surface area (Å²) in [6.45, 7) is 3.87. The summed E-state index contributed by atoms with van der Waals surface area (Å²) in [6.07, 6.45) is 11.0. The lowest BCUT2D eigenvalue weighted by Crippen LogP contribution is -2.42. The van der Waals surface area contributed by atoms with Gasteiger partial charge in [0.15, 0.2) is 28.4 Å². The highest BCUT2D eigenvalue weighted by atomic mass is 35.5. The Morgan fingerprint density at radius 2 is 1.30 bits per heavy atom. The maximum Gasteiger partial charge on any atom is 0.280 e. The molecule has 0 aliphatic carbocycles. The van der Waals surface area contributed by atoms with E-state index in [0.29, 0.717) is 84.4 Å². The number of unbranched alkanes of at least 4 members (excludes halogenated alkanes) is 5. The van der Waals surface area contributed by atoms with E-state index in [9.17, 15) is 14.4 Å². The van der Waals surface area contributed by atoms with Gasteiger partial charge in [0.05, 0.1) is 23.8 Å². The highest BCUT2D eigenvalue weighted by Gasteiger charge is 2.17. The van der Waals surface area contributed by atoms with Gasteiger partial charge in [-0.2, -0.15) is 0 Å². The fourth-order valence-electron chi connectivity index (χ4n) is 6.11. The van der Waals surface area contributed by atoms with Crippen molar-refractivity contribution in [2.45, 2.75) is 108 Å². The van der Waals surface area contributed by atoms with Crippen molar-refractivity contribution in [1.82, 2.24) is 30.8 Å². The second-order valence-electron chi connectivity index (χ2n) is 14.9. The van der Waals surface area contributed by atoms with Crippen molar-refractivity contribution in [3.8, 4) is 5.75 Å². The fourth-order valence-corrected chi connectivity index (χ4v) is 6.24. The topological polar surface area (TPSA) is 368 Å². The molecule has 2 aromatic rings. The number of benzene rings is 1. The molecule has 3 amide bonds. The number of nitrogens with two attached hydrogens (primary N) is 7. The number of amidine groups is 2. The predicted octanol–water partition coefficient (Wildman–Crippen LogP) is 1.48. The second kappa shape index (κ2) is 29.8. The summed E-state index contributed by atoms with van der Waals surface area (Å²) in [5, 5.41) is 22.8. The minimum absolute atomic E-state index is 0.0755. The van der Waals surface area contributed by atoms with Crippen LogP contribution < -0.4 is 60.8 Å². The van der Waals surface area contributed by atoms with Gasteiger partial charge in [0.1, 0.15) is 12.4 Å². The van der Waals surface area contributed by atoms with Crippen LogP contribution in [0.15, 0.2) is 29.3 Å². The van der Waals surface area contributed by atoms with Crippen LogP contribution in [0.2, 0.25) is 5.15 Å². The summed E-state index contributed by atoms with van der Waals surface area (Å²) in [7, 11) is 0. The number of ether oxygens (including phenoxy) is 1. The van der Waals surface area contributed by atoms with Crippen molar-refractivity contribution in [1.29, 1.82) is 10.8 Å². The van der Waals surface area contributed by atoms with Crippen LogP contribution in [0.4, 0.5) is 11.6 Å². The van der Waals surface area contributed by atoms with Crippen LogP contribution in [-0.2, 0) is 16.0 Å². The van der Waals surface area contributed by atoms with E-state index < -0.39 is 18.0 Å². The molecule has 0 aliphatic heterocycles. The monoisotopic (exact) mass is 873 g/mol. The summed E-state index contributed by atoms with van der Waals surface area (Å²) in [6, 6.07) is 6.76. The summed E-state index contributed by atoms with van der Waals surface area (Å²) in [4.78, 5) is 51.6. The second-order valence-corrected chi connectivity index (χ2v) is 15.3. The van der Waals surface area contributed by atoms with Gasteiger partial charge in [-0.25, -0.2) is 9.97 Å². The average molecular weight is 874 g/mol. The van der Waals surface area contributed by atoms with Crippen molar-refractivity contribution in [3.05, 3.63) is 40.7 Å². The number of hydrogen-bond acceptors (Lipinski definition) is 14. The number of rotatable bonds is 32. The number of carbonyl (C=O) groups is 3. The molecule has 2 atom stereocenters. The minimum atomic E-state index is -0.691. The van der Waals surface area contributed by atoms with Gasteiger partial charge in [0.2, 0.25) is 11.8 Å². The van der Waals surface area contributed by atoms with E-state index in [2.05, 4.69) is 35.8 Å². The first kappa shape index (κ1) is 51.8. The van der Waals surface area contributed by atoms with Gasteiger partial charge in [-0.05, 0) is 88.6 Å². The van der Waals surface area contributed by atoms with E-state index in [4.69, 9.17) is 67.3 Å². The number of anilines is 2. The van der Waals surface area contributed by atoms with Gasteiger partial charge in [-0.3, -0.25) is 40.4 Å². The number of guanidine groups is 1. The Bertz CT molecular complexity index is 1650. The van der Waals surface area contributed by atoms with Crippen molar-refractivity contribution in [3.63, 3.8) is 0 Å². The zero-order valence-corrected chi connectivity index (χ0v) is 36.1. The number of nitrogens with one attached hydrogen (secondary N) is 5. The van der Waals surface area contributed by atoms with Gasteiger partial charge < -0.3 is 55.5 Å². The van der Waals surface area contributed by atoms with Crippen LogP contribution in [0, 0.1) is 10.8 Å². The molecule has 1 heterocycles. The highest BCUT2D eigenvalue weighted by molar-refractivity contribution is 6.31. The quantitative estimate of drug-likeness (QED) is 0.0282. The first-order valence-electron chi connectivity index (χ1n) is 21.0. The first-order valence-corrected chi connectivity index (χ1v) is 21.4. The van der Waals surface area contributed by atoms with Gasteiger partial charge in [0.25, 0.3) is 5.91 Å². The highest BCUT2D eigenvalue weighted by Crippen LogP contribution is 2.17. The number of nitrogen functional groups attached to an aromatic ring is 2. The zero-order valence-electron chi connectivity index (χ0n) is 35.4. The van der Waals surface area contributed by atoms with Crippen LogP contribution >= 0.6 is 11.6 Å². The number of aromatic nitrogens is 2.